The van der Waals surface area contributed by atoms with Crippen molar-refractivity contribution in [2.24, 2.45) is 11.8 Å². The van der Waals surface area contributed by atoms with E-state index in [2.05, 4.69) is 0 Å². The zero-order valence-electron chi connectivity index (χ0n) is 10.5. The zero-order valence-corrected chi connectivity index (χ0v) is 11.3. The first kappa shape index (κ1) is 15.3. The molecule has 0 bridgehead atoms. The standard InChI is InChI=1S/C14H13ClF4O/c15-12-6-5-10(16)7-11(12)13(20)8-1-3-9(4-2-8)14(17,18)19/h5-9H,1-4H2. The van der Waals surface area contributed by atoms with E-state index >= 15 is 0 Å². The van der Waals surface area contributed by atoms with Gasteiger partial charge in [-0.3, -0.25) is 4.79 Å². The molecule has 0 radical (unpaired) electrons. The molecular weight excluding hydrogens is 296 g/mol. The Hall–Kier alpha value is -1.10. The van der Waals surface area contributed by atoms with Crippen molar-refractivity contribution in [2.75, 3.05) is 0 Å². The van der Waals surface area contributed by atoms with Crippen molar-refractivity contribution >= 4 is 17.4 Å². The molecule has 0 atom stereocenters. The molecule has 1 aliphatic rings. The van der Waals surface area contributed by atoms with Crippen molar-refractivity contribution in [2.45, 2.75) is 31.9 Å². The predicted molar refractivity (Wildman–Crippen MR) is 67.2 cm³/mol. The SMILES string of the molecule is O=C(c1cc(F)ccc1Cl)C1CCC(C(F)(F)F)CC1. The van der Waals surface area contributed by atoms with Gasteiger partial charge in [0.25, 0.3) is 0 Å². The average molecular weight is 309 g/mol. The fourth-order valence-electron chi connectivity index (χ4n) is 2.59. The Kier molecular flexibility index (Phi) is 4.37. The lowest BCUT2D eigenvalue weighted by Gasteiger charge is -2.29. The van der Waals surface area contributed by atoms with E-state index in [0.29, 0.717) is 0 Å². The summed E-state index contributed by atoms with van der Waals surface area (Å²) in [6.07, 6.45) is -4.00. The molecule has 0 aromatic heterocycles. The summed E-state index contributed by atoms with van der Waals surface area (Å²) in [7, 11) is 0. The molecular formula is C14H13ClF4O. The molecule has 0 aliphatic heterocycles. The second-order valence-electron chi connectivity index (χ2n) is 5.08. The second-order valence-corrected chi connectivity index (χ2v) is 5.49. The average Bonchev–Trinajstić information content (AvgIpc) is 2.40. The Morgan fingerprint density at radius 2 is 1.75 bits per heavy atom. The van der Waals surface area contributed by atoms with Gasteiger partial charge in [-0.15, -0.1) is 0 Å². The minimum atomic E-state index is -4.20. The number of Topliss-reactive ketones (excluding diaryl/α,β-unsaturated/α-hetero) is 1. The molecule has 1 fully saturated rings. The van der Waals surface area contributed by atoms with Crippen molar-refractivity contribution in [3.8, 4) is 0 Å². The van der Waals surface area contributed by atoms with Crippen molar-refractivity contribution in [1.82, 2.24) is 0 Å². The second kappa shape index (κ2) is 5.72. The maximum atomic E-state index is 13.1. The first-order valence-corrected chi connectivity index (χ1v) is 6.73. The number of rotatable bonds is 2. The lowest BCUT2D eigenvalue weighted by molar-refractivity contribution is -0.183. The van der Waals surface area contributed by atoms with E-state index in [9.17, 15) is 22.4 Å². The highest BCUT2D eigenvalue weighted by Gasteiger charge is 2.42. The molecule has 0 spiro atoms. The molecule has 0 unspecified atom stereocenters. The van der Waals surface area contributed by atoms with Crippen molar-refractivity contribution in [3.63, 3.8) is 0 Å². The van der Waals surface area contributed by atoms with Crippen LogP contribution in [-0.4, -0.2) is 12.0 Å². The van der Waals surface area contributed by atoms with E-state index in [-0.39, 0.29) is 42.1 Å². The predicted octanol–water partition coefficient (Wildman–Crippen LogP) is 5.03. The molecule has 0 amide bonds. The minimum Gasteiger partial charge on any atom is -0.294 e. The van der Waals surface area contributed by atoms with Crippen LogP contribution in [0, 0.1) is 17.7 Å². The van der Waals surface area contributed by atoms with Gasteiger partial charge >= 0.3 is 6.18 Å². The molecule has 2 rings (SSSR count). The van der Waals surface area contributed by atoms with Gasteiger partial charge in [-0.25, -0.2) is 4.39 Å². The largest absolute Gasteiger partial charge is 0.391 e. The summed E-state index contributed by atoms with van der Waals surface area (Å²) in [6.45, 7) is 0. The van der Waals surface area contributed by atoms with Crippen LogP contribution >= 0.6 is 11.6 Å². The summed E-state index contributed by atoms with van der Waals surface area (Å²) in [5.41, 5.74) is 0.0575. The smallest absolute Gasteiger partial charge is 0.294 e. The van der Waals surface area contributed by atoms with Crippen LogP contribution in [0.15, 0.2) is 18.2 Å². The van der Waals surface area contributed by atoms with Gasteiger partial charge in [0, 0.05) is 11.5 Å². The fraction of sp³-hybridized carbons (Fsp3) is 0.500. The number of benzene rings is 1. The van der Waals surface area contributed by atoms with Crippen LogP contribution in [0.25, 0.3) is 0 Å². The van der Waals surface area contributed by atoms with E-state index in [1.807, 2.05) is 0 Å². The molecule has 1 nitrogen and oxygen atoms in total. The van der Waals surface area contributed by atoms with E-state index in [4.69, 9.17) is 11.6 Å². The van der Waals surface area contributed by atoms with Gasteiger partial charge < -0.3 is 0 Å². The van der Waals surface area contributed by atoms with Crippen LogP contribution in [0.1, 0.15) is 36.0 Å². The Labute approximate surface area is 118 Å². The van der Waals surface area contributed by atoms with Gasteiger partial charge in [0.2, 0.25) is 0 Å². The van der Waals surface area contributed by atoms with Crippen LogP contribution in [0.4, 0.5) is 17.6 Å². The lowest BCUT2D eigenvalue weighted by Crippen LogP contribution is -2.30. The van der Waals surface area contributed by atoms with Gasteiger partial charge in [-0.05, 0) is 43.9 Å². The highest BCUT2D eigenvalue weighted by Crippen LogP contribution is 2.40. The molecule has 0 N–H and O–H groups in total. The van der Waals surface area contributed by atoms with Gasteiger partial charge in [0.05, 0.1) is 10.9 Å². The number of hydrogen-bond donors (Lipinski definition) is 0. The molecule has 6 heteroatoms. The molecule has 1 aromatic carbocycles. The van der Waals surface area contributed by atoms with Gasteiger partial charge in [0.15, 0.2) is 5.78 Å². The van der Waals surface area contributed by atoms with Gasteiger partial charge in [-0.2, -0.15) is 13.2 Å². The number of carbonyl (C=O) groups excluding carboxylic acids is 1. The molecule has 110 valence electrons. The third-order valence-electron chi connectivity index (χ3n) is 3.75. The summed E-state index contributed by atoms with van der Waals surface area (Å²) >= 11 is 5.84. The van der Waals surface area contributed by atoms with Crippen molar-refractivity contribution in [3.05, 3.63) is 34.6 Å². The molecule has 1 aliphatic carbocycles. The van der Waals surface area contributed by atoms with Crippen LogP contribution < -0.4 is 0 Å². The quantitative estimate of drug-likeness (QED) is 0.553. The number of hydrogen-bond acceptors (Lipinski definition) is 1. The fourth-order valence-corrected chi connectivity index (χ4v) is 2.80. The Bertz CT molecular complexity index is 504. The van der Waals surface area contributed by atoms with E-state index < -0.39 is 23.8 Å². The maximum Gasteiger partial charge on any atom is 0.391 e. The van der Waals surface area contributed by atoms with E-state index in [1.54, 1.807) is 0 Å². The normalized spacial score (nSPS) is 23.6. The Balaban J connectivity index is 2.07. The molecule has 1 aromatic rings. The number of alkyl halides is 3. The summed E-state index contributed by atoms with van der Waals surface area (Å²) < 4.78 is 50.8. The van der Waals surface area contributed by atoms with Crippen LogP contribution in [-0.2, 0) is 0 Å². The maximum absolute atomic E-state index is 13.1. The molecule has 0 saturated heterocycles. The number of halogens is 5. The van der Waals surface area contributed by atoms with E-state index in [0.717, 1.165) is 12.1 Å². The Morgan fingerprint density at radius 1 is 1.15 bits per heavy atom. The van der Waals surface area contributed by atoms with Crippen molar-refractivity contribution in [1.29, 1.82) is 0 Å². The van der Waals surface area contributed by atoms with Crippen LogP contribution in [0.5, 0.6) is 0 Å². The highest BCUT2D eigenvalue weighted by molar-refractivity contribution is 6.34. The summed E-state index contributed by atoms with van der Waals surface area (Å²) in [5, 5.41) is 0.134. The summed E-state index contributed by atoms with van der Waals surface area (Å²) in [4.78, 5) is 12.2. The summed E-state index contributed by atoms with van der Waals surface area (Å²) in [5.74, 6) is -2.79. The molecule has 1 saturated carbocycles. The van der Waals surface area contributed by atoms with E-state index in [1.165, 1.54) is 6.07 Å². The Morgan fingerprint density at radius 3 is 2.30 bits per heavy atom. The monoisotopic (exact) mass is 308 g/mol. The lowest BCUT2D eigenvalue weighted by atomic mass is 9.78. The van der Waals surface area contributed by atoms with Crippen molar-refractivity contribution < 1.29 is 22.4 Å². The zero-order chi connectivity index (χ0) is 14.9. The van der Waals surface area contributed by atoms with Gasteiger partial charge in [0.1, 0.15) is 5.82 Å². The molecule has 0 heterocycles. The van der Waals surface area contributed by atoms with Gasteiger partial charge in [-0.1, -0.05) is 11.6 Å². The van der Waals surface area contributed by atoms with Crippen LogP contribution in [0.3, 0.4) is 0 Å². The first-order valence-electron chi connectivity index (χ1n) is 6.35. The molecule has 20 heavy (non-hydrogen) atoms. The topological polar surface area (TPSA) is 17.1 Å². The third-order valence-corrected chi connectivity index (χ3v) is 4.08. The number of carbonyl (C=O) groups is 1. The number of ketones is 1. The third kappa shape index (κ3) is 3.32. The summed E-state index contributed by atoms with van der Waals surface area (Å²) in [6, 6.07) is 3.46. The highest BCUT2D eigenvalue weighted by atomic mass is 35.5. The first-order chi connectivity index (χ1) is 9.29. The minimum absolute atomic E-state index is 0.0575. The van der Waals surface area contributed by atoms with Crippen LogP contribution in [0.2, 0.25) is 5.02 Å².